The van der Waals surface area contributed by atoms with Gasteiger partial charge in [0.25, 0.3) is 0 Å². The smallest absolute Gasteiger partial charge is 0.122 e. The van der Waals surface area contributed by atoms with E-state index in [4.69, 9.17) is 0 Å². The first-order valence-electron chi connectivity index (χ1n) is 9.16. The molecule has 0 spiro atoms. The summed E-state index contributed by atoms with van der Waals surface area (Å²) in [6.07, 6.45) is 14.2. The van der Waals surface area contributed by atoms with Crippen LogP contribution < -0.4 is 0 Å². The highest BCUT2D eigenvalue weighted by Gasteiger charge is 2.28. The van der Waals surface area contributed by atoms with Crippen molar-refractivity contribution in [3.05, 3.63) is 76.8 Å². The van der Waals surface area contributed by atoms with Crippen LogP contribution in [0, 0.1) is 17.8 Å². The van der Waals surface area contributed by atoms with Gasteiger partial charge in [-0.05, 0) is 78.9 Å². The van der Waals surface area contributed by atoms with Crippen molar-refractivity contribution >= 4 is 0 Å². The molecule has 0 aromatic heterocycles. The number of aliphatic hydroxyl groups excluding tert-OH is 2. The Morgan fingerprint density at radius 1 is 0.808 bits per heavy atom. The second-order valence-corrected chi connectivity index (χ2v) is 8.43. The number of hydrogen-bond donors (Lipinski definition) is 3. The van der Waals surface area contributed by atoms with E-state index in [2.05, 4.69) is 32.9 Å². The van der Waals surface area contributed by atoms with Crippen molar-refractivity contribution in [2.75, 3.05) is 0 Å². The van der Waals surface area contributed by atoms with Gasteiger partial charge in [0, 0.05) is 0 Å². The molecule has 0 radical (unpaired) electrons. The first-order valence-corrected chi connectivity index (χ1v) is 9.16. The second kappa shape index (κ2) is 6.71. The van der Waals surface area contributed by atoms with Crippen LogP contribution in [0.4, 0.5) is 0 Å². The molecule has 0 fully saturated rings. The van der Waals surface area contributed by atoms with Gasteiger partial charge in [0.15, 0.2) is 0 Å². The molecule has 2 aliphatic carbocycles. The molecule has 0 heterocycles. The van der Waals surface area contributed by atoms with Crippen LogP contribution in [-0.2, 0) is 12.8 Å². The molecule has 2 unspecified atom stereocenters. The molecule has 0 saturated heterocycles. The highest BCUT2D eigenvalue weighted by molar-refractivity contribution is 5.46. The molecule has 26 heavy (non-hydrogen) atoms. The van der Waals surface area contributed by atoms with Gasteiger partial charge in [-0.3, -0.25) is 0 Å². The van der Waals surface area contributed by atoms with Crippen LogP contribution >= 0.6 is 0 Å². The zero-order chi connectivity index (χ0) is 18.9. The zero-order valence-electron chi connectivity index (χ0n) is 15.8. The lowest BCUT2D eigenvalue weighted by Gasteiger charge is -2.30. The van der Waals surface area contributed by atoms with E-state index in [0.717, 1.165) is 42.4 Å². The molecular weight excluding hydrogens is 324 g/mol. The fourth-order valence-electron chi connectivity index (χ4n) is 3.86. The van der Waals surface area contributed by atoms with Gasteiger partial charge in [0.2, 0.25) is 0 Å². The van der Waals surface area contributed by atoms with Gasteiger partial charge in [-0.15, -0.1) is 0 Å². The van der Waals surface area contributed by atoms with E-state index in [-0.39, 0.29) is 10.8 Å². The minimum atomic E-state index is -0.113. The summed E-state index contributed by atoms with van der Waals surface area (Å²) in [6, 6.07) is 4.11. The Bertz CT molecular complexity index is 763. The van der Waals surface area contributed by atoms with E-state index in [9.17, 15) is 15.3 Å². The van der Waals surface area contributed by atoms with Gasteiger partial charge in [-0.2, -0.15) is 0 Å². The summed E-state index contributed by atoms with van der Waals surface area (Å²) in [4.78, 5) is 0. The second-order valence-electron chi connectivity index (χ2n) is 8.43. The van der Waals surface area contributed by atoms with Crippen molar-refractivity contribution in [2.45, 2.75) is 46.5 Å². The Morgan fingerprint density at radius 2 is 1.23 bits per heavy atom. The maximum Gasteiger partial charge on any atom is 0.122 e. The van der Waals surface area contributed by atoms with Gasteiger partial charge >= 0.3 is 0 Å². The number of benzene rings is 1. The van der Waals surface area contributed by atoms with Crippen LogP contribution in [0.3, 0.4) is 0 Å². The highest BCUT2D eigenvalue weighted by atomic mass is 16.3. The molecule has 0 saturated carbocycles. The van der Waals surface area contributed by atoms with Gasteiger partial charge in [-0.1, -0.05) is 43.7 Å². The average molecular weight is 352 g/mol. The maximum atomic E-state index is 10.9. The van der Waals surface area contributed by atoms with Crippen molar-refractivity contribution in [3.63, 3.8) is 0 Å². The largest absolute Gasteiger partial charge is 0.508 e. The molecule has 1 aromatic rings. The van der Waals surface area contributed by atoms with Crippen LogP contribution in [0.1, 0.15) is 43.4 Å². The van der Waals surface area contributed by atoms with Crippen LogP contribution in [0.5, 0.6) is 5.75 Å². The summed E-state index contributed by atoms with van der Waals surface area (Å²) >= 11 is 0. The number of phenolic OH excluding ortho intramolecular Hbond substituents is 1. The number of aromatic hydroxyl groups is 1. The lowest BCUT2D eigenvalue weighted by Crippen LogP contribution is -2.20. The van der Waals surface area contributed by atoms with Crippen LogP contribution in [-0.4, -0.2) is 15.3 Å². The Labute approximate surface area is 155 Å². The van der Waals surface area contributed by atoms with Gasteiger partial charge in [0.05, 0.1) is 0 Å². The molecular formula is C23H28O3. The normalized spacial score (nSPS) is 28.0. The summed E-state index contributed by atoms with van der Waals surface area (Å²) in [5.74, 6) is 0.993. The molecule has 2 aliphatic rings. The molecule has 0 bridgehead atoms. The van der Waals surface area contributed by atoms with Gasteiger partial charge in [-0.25, -0.2) is 0 Å². The third-order valence-corrected chi connectivity index (χ3v) is 5.47. The molecule has 3 heteroatoms. The van der Waals surface area contributed by atoms with Crippen LogP contribution in [0.2, 0.25) is 0 Å². The lowest BCUT2D eigenvalue weighted by molar-refractivity contribution is 0.365. The summed E-state index contributed by atoms with van der Waals surface area (Å²) in [5.41, 5.74) is 2.80. The molecule has 3 nitrogen and oxygen atoms in total. The standard InChI is InChI=1S/C23H28O3/c1-16-12-17(14-22(2)8-4-19(24)5-9-22)21(26)18(13-16)15-23(3)10-6-20(25)7-11-23/h4-8,10,12-13,24-26H,9,11,14-15H2,1-3H3. The summed E-state index contributed by atoms with van der Waals surface area (Å²) in [6.45, 7) is 6.35. The molecule has 3 N–H and O–H groups in total. The number of aryl methyl sites for hydroxylation is 1. The van der Waals surface area contributed by atoms with E-state index < -0.39 is 0 Å². The molecule has 0 aliphatic heterocycles. The third-order valence-electron chi connectivity index (χ3n) is 5.47. The van der Waals surface area contributed by atoms with E-state index in [1.54, 1.807) is 12.2 Å². The van der Waals surface area contributed by atoms with Gasteiger partial charge in [0.1, 0.15) is 17.3 Å². The Kier molecular flexibility index (Phi) is 4.74. The summed E-state index contributed by atoms with van der Waals surface area (Å²) < 4.78 is 0. The number of allylic oxidation sites excluding steroid dienone is 6. The third kappa shape index (κ3) is 4.04. The number of rotatable bonds is 4. The first kappa shape index (κ1) is 18.4. The van der Waals surface area contributed by atoms with Crippen molar-refractivity contribution in [3.8, 4) is 5.75 Å². The van der Waals surface area contributed by atoms with Crippen molar-refractivity contribution < 1.29 is 15.3 Å². The monoisotopic (exact) mass is 352 g/mol. The lowest BCUT2D eigenvalue weighted by atomic mass is 9.75. The Balaban J connectivity index is 1.85. The van der Waals surface area contributed by atoms with Crippen molar-refractivity contribution in [1.29, 1.82) is 0 Å². The van der Waals surface area contributed by atoms with Crippen LogP contribution in [0.15, 0.2) is 60.1 Å². The van der Waals surface area contributed by atoms with E-state index in [1.165, 1.54) is 0 Å². The average Bonchev–Trinajstić information content (AvgIpc) is 2.58. The minimum absolute atomic E-state index is 0.113. The zero-order valence-corrected chi connectivity index (χ0v) is 15.8. The number of aliphatic hydroxyl groups is 2. The Morgan fingerprint density at radius 3 is 1.58 bits per heavy atom. The number of hydrogen-bond acceptors (Lipinski definition) is 3. The van der Waals surface area contributed by atoms with Crippen molar-refractivity contribution in [1.82, 2.24) is 0 Å². The van der Waals surface area contributed by atoms with Crippen LogP contribution in [0.25, 0.3) is 0 Å². The minimum Gasteiger partial charge on any atom is -0.508 e. The quantitative estimate of drug-likeness (QED) is 0.661. The first-order chi connectivity index (χ1) is 12.2. The van der Waals surface area contributed by atoms with E-state index >= 15 is 0 Å². The molecule has 2 atom stereocenters. The fourth-order valence-corrected chi connectivity index (χ4v) is 3.86. The van der Waals surface area contributed by atoms with E-state index in [1.807, 2.05) is 24.3 Å². The van der Waals surface area contributed by atoms with Crippen molar-refractivity contribution in [2.24, 2.45) is 10.8 Å². The summed E-state index contributed by atoms with van der Waals surface area (Å²) in [5, 5.41) is 30.1. The number of phenols is 1. The predicted octanol–water partition coefficient (Wildman–Crippen LogP) is 5.60. The fraction of sp³-hybridized carbons (Fsp3) is 0.391. The predicted molar refractivity (Wildman–Crippen MR) is 105 cm³/mol. The molecule has 3 rings (SSSR count). The summed E-state index contributed by atoms with van der Waals surface area (Å²) in [7, 11) is 0. The molecule has 1 aromatic carbocycles. The maximum absolute atomic E-state index is 10.9. The molecule has 138 valence electrons. The molecule has 0 amide bonds. The van der Waals surface area contributed by atoms with E-state index in [0.29, 0.717) is 17.3 Å². The SMILES string of the molecule is Cc1cc(CC2(C)C=CC(O)=CC2)c(O)c(CC2(C)C=CC(O)=CC2)c1. The topological polar surface area (TPSA) is 60.7 Å². The Hall–Kier alpha value is -2.42. The van der Waals surface area contributed by atoms with Gasteiger partial charge < -0.3 is 15.3 Å². The highest BCUT2D eigenvalue weighted by Crippen LogP contribution is 2.40.